The quantitative estimate of drug-likeness (QED) is 0.833. The lowest BCUT2D eigenvalue weighted by molar-refractivity contribution is 0.0698. The summed E-state index contributed by atoms with van der Waals surface area (Å²) in [6, 6.07) is 1.59. The van der Waals surface area contributed by atoms with Crippen molar-refractivity contribution in [3.63, 3.8) is 0 Å². The third-order valence-electron chi connectivity index (χ3n) is 3.94. The minimum Gasteiger partial charge on any atom is -0.478 e. The lowest BCUT2D eigenvalue weighted by Crippen LogP contribution is -2.21. The van der Waals surface area contributed by atoms with Gasteiger partial charge in [-0.2, -0.15) is 0 Å². The number of aromatic amines is 1. The molecule has 0 spiro atoms. The number of nitrogens with zero attached hydrogens (tertiary/aromatic N) is 2. The molecule has 1 aliphatic rings. The molecule has 0 aliphatic heterocycles. The van der Waals surface area contributed by atoms with Crippen LogP contribution in [-0.4, -0.2) is 25.6 Å². The highest BCUT2D eigenvalue weighted by molar-refractivity contribution is 7.71. The summed E-state index contributed by atoms with van der Waals surface area (Å²) in [4.78, 5) is 30.6. The maximum absolute atomic E-state index is 12.2. The van der Waals surface area contributed by atoms with Crippen LogP contribution >= 0.6 is 12.2 Å². The van der Waals surface area contributed by atoms with Crippen molar-refractivity contribution in [2.45, 2.75) is 38.6 Å². The molecule has 0 saturated heterocycles. The molecule has 0 unspecified atom stereocenters. The molecule has 0 aromatic carbocycles. The number of hydrogen-bond donors (Lipinski definition) is 2. The number of pyridine rings is 1. The van der Waals surface area contributed by atoms with E-state index < -0.39 is 11.5 Å². The Labute approximate surface area is 125 Å². The summed E-state index contributed by atoms with van der Waals surface area (Å²) >= 11 is 5.28. The second kappa shape index (κ2) is 5.07. The van der Waals surface area contributed by atoms with Gasteiger partial charge in [0, 0.05) is 11.7 Å². The smallest absolute Gasteiger partial charge is 0.336 e. The van der Waals surface area contributed by atoms with E-state index in [0.29, 0.717) is 16.1 Å². The molecular formula is C14H15N3O3S. The van der Waals surface area contributed by atoms with Crippen molar-refractivity contribution in [2.75, 3.05) is 0 Å². The van der Waals surface area contributed by atoms with E-state index in [-0.39, 0.29) is 17.0 Å². The first-order valence-electron chi connectivity index (χ1n) is 6.88. The van der Waals surface area contributed by atoms with Gasteiger partial charge in [-0.1, -0.05) is 12.8 Å². The van der Waals surface area contributed by atoms with Crippen molar-refractivity contribution in [1.82, 2.24) is 14.5 Å². The highest BCUT2D eigenvalue weighted by atomic mass is 32.1. The van der Waals surface area contributed by atoms with Gasteiger partial charge in [0.2, 0.25) is 0 Å². The molecule has 0 radical (unpaired) electrons. The number of fused-ring (bicyclic) bond motifs is 1. The predicted molar refractivity (Wildman–Crippen MR) is 80.4 cm³/mol. The highest BCUT2D eigenvalue weighted by Crippen LogP contribution is 2.31. The molecule has 7 heteroatoms. The van der Waals surface area contributed by atoms with Crippen LogP contribution in [0.15, 0.2) is 10.9 Å². The first-order valence-corrected chi connectivity index (χ1v) is 7.29. The number of aromatic carboxylic acids is 1. The zero-order chi connectivity index (χ0) is 15.1. The van der Waals surface area contributed by atoms with E-state index in [1.807, 2.05) is 4.57 Å². The van der Waals surface area contributed by atoms with E-state index in [0.717, 1.165) is 25.7 Å². The van der Waals surface area contributed by atoms with Crippen LogP contribution < -0.4 is 5.56 Å². The van der Waals surface area contributed by atoms with Gasteiger partial charge in [0.1, 0.15) is 5.65 Å². The fraction of sp³-hybridized carbons (Fsp3) is 0.429. The van der Waals surface area contributed by atoms with Gasteiger partial charge in [0.15, 0.2) is 4.77 Å². The van der Waals surface area contributed by atoms with Gasteiger partial charge in [0.05, 0.1) is 10.9 Å². The van der Waals surface area contributed by atoms with E-state index in [1.165, 1.54) is 6.07 Å². The summed E-state index contributed by atoms with van der Waals surface area (Å²) in [7, 11) is 0. The lowest BCUT2D eigenvalue weighted by Gasteiger charge is -2.17. The largest absolute Gasteiger partial charge is 0.478 e. The summed E-state index contributed by atoms with van der Waals surface area (Å²) in [6.07, 6.45) is 4.14. The Balaban J connectivity index is 2.46. The van der Waals surface area contributed by atoms with Gasteiger partial charge in [-0.15, -0.1) is 0 Å². The molecule has 1 saturated carbocycles. The number of aryl methyl sites for hydroxylation is 1. The Hall–Kier alpha value is -2.02. The van der Waals surface area contributed by atoms with Crippen molar-refractivity contribution < 1.29 is 9.90 Å². The van der Waals surface area contributed by atoms with Gasteiger partial charge < -0.3 is 5.11 Å². The molecule has 3 rings (SSSR count). The Bertz CT molecular complexity index is 847. The normalized spacial score (nSPS) is 15.7. The average Bonchev–Trinajstić information content (AvgIpc) is 2.90. The fourth-order valence-corrected chi connectivity index (χ4v) is 3.37. The van der Waals surface area contributed by atoms with E-state index in [2.05, 4.69) is 9.97 Å². The SMILES string of the molecule is Cc1cc(C(=O)O)c2c(=O)[nH]c(=S)n(C3CCCC3)c2n1. The second-order valence-electron chi connectivity index (χ2n) is 5.38. The summed E-state index contributed by atoms with van der Waals surface area (Å²) in [5.41, 5.74) is 0.425. The molecule has 110 valence electrons. The van der Waals surface area contributed by atoms with Gasteiger partial charge >= 0.3 is 5.97 Å². The molecule has 1 aliphatic carbocycles. The number of nitrogens with one attached hydrogen (secondary N) is 1. The first kappa shape index (κ1) is 13.9. The van der Waals surface area contributed by atoms with Gasteiger partial charge in [0.25, 0.3) is 5.56 Å². The third kappa shape index (κ3) is 2.27. The molecule has 21 heavy (non-hydrogen) atoms. The van der Waals surface area contributed by atoms with Gasteiger partial charge in [-0.3, -0.25) is 14.3 Å². The van der Waals surface area contributed by atoms with E-state index in [9.17, 15) is 14.7 Å². The van der Waals surface area contributed by atoms with Gasteiger partial charge in [-0.05, 0) is 38.0 Å². The molecule has 6 nitrogen and oxygen atoms in total. The number of aromatic nitrogens is 3. The molecule has 0 amide bonds. The fourth-order valence-electron chi connectivity index (χ4n) is 3.04. The number of carboxylic acid groups (broad SMARTS) is 1. The second-order valence-corrected chi connectivity index (χ2v) is 5.77. The first-order chi connectivity index (χ1) is 9.99. The van der Waals surface area contributed by atoms with Crippen molar-refractivity contribution in [1.29, 1.82) is 0 Å². The van der Waals surface area contributed by atoms with Crippen molar-refractivity contribution in [3.8, 4) is 0 Å². The maximum atomic E-state index is 12.2. The predicted octanol–water partition coefficient (Wildman–Crippen LogP) is 2.58. The molecule has 1 fully saturated rings. The van der Waals surface area contributed by atoms with E-state index in [4.69, 9.17) is 12.2 Å². The summed E-state index contributed by atoms with van der Waals surface area (Å²) in [5, 5.41) is 9.45. The van der Waals surface area contributed by atoms with Crippen LogP contribution in [0.5, 0.6) is 0 Å². The maximum Gasteiger partial charge on any atom is 0.336 e. The summed E-state index contributed by atoms with van der Waals surface area (Å²) in [5.74, 6) is -1.13. The minimum atomic E-state index is -1.13. The molecule has 0 atom stereocenters. The molecule has 2 heterocycles. The summed E-state index contributed by atoms with van der Waals surface area (Å²) in [6.45, 7) is 1.72. The number of rotatable bonds is 2. The van der Waals surface area contributed by atoms with Crippen LogP contribution in [0.1, 0.15) is 47.8 Å². The van der Waals surface area contributed by atoms with Gasteiger partial charge in [-0.25, -0.2) is 9.78 Å². The Morgan fingerprint density at radius 3 is 2.76 bits per heavy atom. The zero-order valence-corrected chi connectivity index (χ0v) is 12.4. The van der Waals surface area contributed by atoms with Crippen LogP contribution in [0.2, 0.25) is 0 Å². The Morgan fingerprint density at radius 2 is 2.14 bits per heavy atom. The Morgan fingerprint density at radius 1 is 1.48 bits per heavy atom. The molecule has 2 N–H and O–H groups in total. The average molecular weight is 305 g/mol. The van der Waals surface area contributed by atoms with Crippen LogP contribution in [0, 0.1) is 11.7 Å². The van der Waals surface area contributed by atoms with E-state index >= 15 is 0 Å². The molecule has 2 aromatic rings. The third-order valence-corrected chi connectivity index (χ3v) is 4.24. The monoisotopic (exact) mass is 305 g/mol. The van der Waals surface area contributed by atoms with Crippen molar-refractivity contribution >= 4 is 29.2 Å². The van der Waals surface area contributed by atoms with Crippen LogP contribution in [0.4, 0.5) is 0 Å². The number of carbonyl (C=O) groups is 1. The highest BCUT2D eigenvalue weighted by Gasteiger charge is 2.23. The molecule has 2 aromatic heterocycles. The number of H-pyrrole nitrogens is 1. The zero-order valence-electron chi connectivity index (χ0n) is 11.5. The van der Waals surface area contributed by atoms with Crippen LogP contribution in [-0.2, 0) is 0 Å². The van der Waals surface area contributed by atoms with Crippen LogP contribution in [0.3, 0.4) is 0 Å². The number of carboxylic acids is 1. The standard InChI is InChI=1S/C14H15N3O3S/c1-7-6-9(13(19)20)10-11(15-7)17(8-4-2-3-5-8)14(21)16-12(10)18/h6,8H,2-5H2,1H3,(H,19,20)(H,16,18,21). The summed E-state index contributed by atoms with van der Waals surface area (Å²) < 4.78 is 2.13. The number of hydrogen-bond acceptors (Lipinski definition) is 4. The molecule has 0 bridgehead atoms. The van der Waals surface area contributed by atoms with Crippen LogP contribution in [0.25, 0.3) is 11.0 Å². The topological polar surface area (TPSA) is 88.0 Å². The lowest BCUT2D eigenvalue weighted by atomic mass is 10.1. The molecular weight excluding hydrogens is 290 g/mol. The van der Waals surface area contributed by atoms with Crippen molar-refractivity contribution in [2.24, 2.45) is 0 Å². The van der Waals surface area contributed by atoms with Crippen molar-refractivity contribution in [3.05, 3.63) is 32.4 Å². The minimum absolute atomic E-state index is 0.0273. The Kier molecular flexibility index (Phi) is 3.36. The van der Waals surface area contributed by atoms with E-state index in [1.54, 1.807) is 6.92 Å².